The van der Waals surface area contributed by atoms with Crippen LogP contribution in [0.3, 0.4) is 0 Å². The second kappa shape index (κ2) is 6.80. The van der Waals surface area contributed by atoms with E-state index in [4.69, 9.17) is 0 Å². The van der Waals surface area contributed by atoms with Crippen LogP contribution in [0.15, 0.2) is 15.5 Å². The third-order valence-electron chi connectivity index (χ3n) is 4.94. The molecule has 0 aromatic carbocycles. The molecule has 1 saturated carbocycles. The fourth-order valence-corrected chi connectivity index (χ4v) is 3.39. The van der Waals surface area contributed by atoms with Crippen LogP contribution in [0.25, 0.3) is 17.2 Å². The molecule has 14 heteroatoms. The quantitative estimate of drug-likeness (QED) is 0.582. The molecule has 0 aliphatic heterocycles. The first-order valence-electron chi connectivity index (χ1n) is 8.96. The molecule has 3 aromatic rings. The summed E-state index contributed by atoms with van der Waals surface area (Å²) < 4.78 is 84.1. The van der Waals surface area contributed by atoms with E-state index >= 15 is 0 Å². The van der Waals surface area contributed by atoms with Crippen LogP contribution in [0.4, 0.5) is 26.3 Å². The number of aromatic nitrogens is 6. The summed E-state index contributed by atoms with van der Waals surface area (Å²) in [5.41, 5.74) is -0.914. The molecule has 30 heavy (non-hydrogen) atoms. The maximum Gasteiger partial charge on any atom is 0.470 e. The van der Waals surface area contributed by atoms with Crippen molar-refractivity contribution in [2.45, 2.75) is 51.0 Å². The van der Waals surface area contributed by atoms with E-state index in [0.29, 0.717) is 17.5 Å². The maximum absolute atomic E-state index is 13.0. The second-order valence-electron chi connectivity index (χ2n) is 7.02. The van der Waals surface area contributed by atoms with Gasteiger partial charge in [-0.3, -0.25) is 4.79 Å². The van der Waals surface area contributed by atoms with E-state index in [1.54, 1.807) is 4.57 Å². The Morgan fingerprint density at radius 2 is 1.87 bits per heavy atom. The Hall–Kier alpha value is -2.93. The van der Waals surface area contributed by atoms with E-state index in [2.05, 4.69) is 24.6 Å². The number of alkyl halides is 6. The molecule has 0 N–H and O–H groups in total. The number of hydrogen-bond donors (Lipinski definition) is 0. The van der Waals surface area contributed by atoms with Crippen molar-refractivity contribution in [2.24, 2.45) is 5.92 Å². The fraction of sp³-hybridized carbons (Fsp3) is 0.562. The molecule has 3 heterocycles. The monoisotopic (exact) mass is 436 g/mol. The van der Waals surface area contributed by atoms with Crippen LogP contribution in [0.2, 0.25) is 0 Å². The van der Waals surface area contributed by atoms with Gasteiger partial charge in [0.05, 0.1) is 12.2 Å². The van der Waals surface area contributed by atoms with Crippen molar-refractivity contribution in [1.29, 1.82) is 0 Å². The van der Waals surface area contributed by atoms with Gasteiger partial charge in [-0.2, -0.15) is 26.3 Å². The number of imidazole rings is 1. The highest BCUT2D eigenvalue weighted by Crippen LogP contribution is 2.49. The van der Waals surface area contributed by atoms with Gasteiger partial charge < -0.3 is 8.98 Å². The first kappa shape index (κ1) is 20.3. The van der Waals surface area contributed by atoms with Gasteiger partial charge in [0, 0.05) is 12.5 Å². The largest absolute Gasteiger partial charge is 0.470 e. The fourth-order valence-electron chi connectivity index (χ4n) is 3.39. The summed E-state index contributed by atoms with van der Waals surface area (Å²) in [5, 5.41) is 6.15. The zero-order valence-electron chi connectivity index (χ0n) is 15.3. The lowest BCUT2D eigenvalue weighted by Gasteiger charge is -2.36. The van der Waals surface area contributed by atoms with E-state index < -0.39 is 41.7 Å². The van der Waals surface area contributed by atoms with Crippen LogP contribution >= 0.6 is 0 Å². The van der Waals surface area contributed by atoms with Crippen LogP contribution in [0, 0.1) is 5.92 Å². The van der Waals surface area contributed by atoms with Crippen LogP contribution in [-0.4, -0.2) is 35.5 Å². The van der Waals surface area contributed by atoms with Crippen LogP contribution in [0.5, 0.6) is 0 Å². The Morgan fingerprint density at radius 3 is 2.43 bits per heavy atom. The number of aryl methyl sites for hydroxylation is 1. The lowest BCUT2D eigenvalue weighted by atomic mass is 9.74. The Kier molecular flexibility index (Phi) is 4.62. The molecule has 0 radical (unpaired) electrons. The smallest absolute Gasteiger partial charge is 0.399 e. The van der Waals surface area contributed by atoms with Crippen LogP contribution in [0.1, 0.15) is 43.8 Å². The van der Waals surface area contributed by atoms with Gasteiger partial charge >= 0.3 is 24.3 Å². The van der Waals surface area contributed by atoms with E-state index in [0.717, 1.165) is 0 Å². The highest BCUT2D eigenvalue weighted by atomic mass is 19.4. The Labute approximate surface area is 163 Å². The average molecular weight is 436 g/mol. The van der Waals surface area contributed by atoms with E-state index in [1.165, 1.54) is 6.33 Å². The number of hydrogen-bond acceptors (Lipinski definition) is 6. The van der Waals surface area contributed by atoms with Gasteiger partial charge in [0.15, 0.2) is 11.2 Å². The van der Waals surface area contributed by atoms with E-state index in [9.17, 15) is 31.1 Å². The molecular formula is C16H14F6N6O2. The highest BCUT2D eigenvalue weighted by molar-refractivity contribution is 5.70. The minimum Gasteiger partial charge on any atom is -0.399 e. The molecule has 3 aromatic heterocycles. The second-order valence-corrected chi connectivity index (χ2v) is 7.02. The number of nitrogens with zero attached hydrogens (tertiary/aromatic N) is 6. The standard InChI is InChI=1S/C16H14F6N6O2/c1-2-3-27-6-23-9-11(27)24-10(7-4-8(5-7)15(17,18)19)28(12(9)29)14-26-25-13(30-14)16(20,21)22/h6-8H,2-5H2,1H3/t7-,8+. The first-order valence-corrected chi connectivity index (χ1v) is 8.96. The Morgan fingerprint density at radius 1 is 1.17 bits per heavy atom. The lowest BCUT2D eigenvalue weighted by Crippen LogP contribution is -2.38. The molecule has 1 aliphatic carbocycles. The van der Waals surface area contributed by atoms with Gasteiger partial charge in [-0.25, -0.2) is 14.5 Å². The topological polar surface area (TPSA) is 91.6 Å². The third-order valence-corrected chi connectivity index (χ3v) is 4.94. The average Bonchev–Trinajstić information content (AvgIpc) is 3.20. The van der Waals surface area contributed by atoms with Gasteiger partial charge in [0.2, 0.25) is 0 Å². The molecule has 0 atom stereocenters. The van der Waals surface area contributed by atoms with Gasteiger partial charge in [-0.05, 0) is 19.3 Å². The predicted octanol–water partition coefficient (Wildman–Crippen LogP) is 3.45. The molecule has 0 spiro atoms. The molecule has 0 bridgehead atoms. The molecule has 1 aliphatic rings. The van der Waals surface area contributed by atoms with Crippen molar-refractivity contribution >= 4 is 11.2 Å². The van der Waals surface area contributed by atoms with Crippen molar-refractivity contribution in [3.05, 3.63) is 28.4 Å². The van der Waals surface area contributed by atoms with Crippen molar-refractivity contribution in [3.8, 4) is 6.01 Å². The van der Waals surface area contributed by atoms with Gasteiger partial charge in [-0.15, -0.1) is 5.10 Å². The molecule has 162 valence electrons. The van der Waals surface area contributed by atoms with Crippen molar-refractivity contribution in [1.82, 2.24) is 29.3 Å². The summed E-state index contributed by atoms with van der Waals surface area (Å²) in [4.78, 5) is 21.2. The molecule has 4 rings (SSSR count). The van der Waals surface area contributed by atoms with Crippen molar-refractivity contribution < 1.29 is 30.8 Å². The third kappa shape index (κ3) is 3.33. The van der Waals surface area contributed by atoms with Crippen molar-refractivity contribution in [3.63, 3.8) is 0 Å². The minimum absolute atomic E-state index is 0.138. The SMILES string of the molecule is CCCn1cnc2c(=O)n(-c3nnc(C(F)(F)F)o3)c([C@H]3C[C@@H](C(F)(F)F)C3)nc21. The number of halogens is 6. The van der Waals surface area contributed by atoms with E-state index in [-0.39, 0.29) is 29.8 Å². The lowest BCUT2D eigenvalue weighted by molar-refractivity contribution is -0.198. The zero-order chi connectivity index (χ0) is 21.8. The normalized spacial score (nSPS) is 20.0. The molecule has 1 fully saturated rings. The summed E-state index contributed by atoms with van der Waals surface area (Å²) in [7, 11) is 0. The maximum atomic E-state index is 13.0. The Bertz CT molecular complexity index is 1140. The van der Waals surface area contributed by atoms with Gasteiger partial charge in [-0.1, -0.05) is 12.0 Å². The highest BCUT2D eigenvalue weighted by Gasteiger charge is 2.50. The van der Waals surface area contributed by atoms with Crippen LogP contribution < -0.4 is 5.56 Å². The molecule has 0 saturated heterocycles. The van der Waals surface area contributed by atoms with Gasteiger partial charge in [0.25, 0.3) is 5.56 Å². The first-order chi connectivity index (χ1) is 14.0. The summed E-state index contributed by atoms with van der Waals surface area (Å²) >= 11 is 0. The Balaban J connectivity index is 1.87. The molecule has 8 nitrogen and oxygen atoms in total. The molecule has 0 unspecified atom stereocenters. The summed E-state index contributed by atoms with van der Waals surface area (Å²) in [6.07, 6.45) is -8.07. The van der Waals surface area contributed by atoms with E-state index in [1.807, 2.05) is 6.92 Å². The number of rotatable bonds is 4. The molecular weight excluding hydrogens is 422 g/mol. The van der Waals surface area contributed by atoms with Crippen molar-refractivity contribution in [2.75, 3.05) is 0 Å². The minimum atomic E-state index is -4.95. The summed E-state index contributed by atoms with van der Waals surface area (Å²) in [6.45, 7) is 2.31. The zero-order valence-corrected chi connectivity index (χ0v) is 15.3. The summed E-state index contributed by atoms with van der Waals surface area (Å²) in [5.74, 6) is -4.26. The van der Waals surface area contributed by atoms with Gasteiger partial charge in [0.1, 0.15) is 5.82 Å². The predicted molar refractivity (Wildman–Crippen MR) is 87.8 cm³/mol. The molecule has 0 amide bonds. The van der Waals surface area contributed by atoms with Crippen LogP contribution in [-0.2, 0) is 12.7 Å². The number of fused-ring (bicyclic) bond motifs is 1. The summed E-state index contributed by atoms with van der Waals surface area (Å²) in [6, 6.07) is -0.822.